The molecule has 170 valence electrons. The Hall–Kier alpha value is -2.51. The predicted octanol–water partition coefficient (Wildman–Crippen LogP) is -1.51. The molecule has 1 aliphatic rings. The second-order valence-electron chi connectivity index (χ2n) is 5.83. The number of nitrogens with two attached hydrogens (primary N) is 1. The number of ether oxygens (including phenoxy) is 5. The van der Waals surface area contributed by atoms with E-state index in [-0.39, 0.29) is 18.2 Å². The fourth-order valence-electron chi connectivity index (χ4n) is 2.57. The quantitative estimate of drug-likeness (QED) is 0.221. The monoisotopic (exact) mass is 453 g/mol. The van der Waals surface area contributed by atoms with E-state index in [1.165, 1.54) is 0 Å². The first-order valence-electron chi connectivity index (χ1n) is 11.3. The largest absolute Gasteiger partial charge is 0.463 e. The summed E-state index contributed by atoms with van der Waals surface area (Å²) in [5.74, 6) is -4.11. The third-order valence-corrected chi connectivity index (χ3v) is 3.81. The smallest absolute Gasteiger partial charge is 0.303 e. The number of hydrogen-bond donors (Lipinski definition) is 3. The first kappa shape index (κ1) is 19.5. The van der Waals surface area contributed by atoms with Crippen molar-refractivity contribution >= 4 is 41.2 Å². The van der Waals surface area contributed by atoms with Crippen LogP contribution in [0.3, 0.4) is 0 Å². The Morgan fingerprint density at radius 1 is 0.967 bits per heavy atom. The molecule has 1 fully saturated rings. The van der Waals surface area contributed by atoms with Gasteiger partial charge in [-0.3, -0.25) is 19.2 Å². The van der Waals surface area contributed by atoms with Gasteiger partial charge in [-0.1, -0.05) is 0 Å². The van der Waals surface area contributed by atoms with E-state index in [9.17, 15) is 19.2 Å². The van der Waals surface area contributed by atoms with E-state index in [0.717, 1.165) is 0 Å². The average molecular weight is 454 g/mol. The molecule has 0 aromatic carbocycles. The molecule has 0 spiro atoms. The SMILES string of the molecule is [2H]CC(=O)OC[C@H]1OC(NC(=S)NCCN)[C@@H](OC(=O)C[2H])[C@@H](OC(=O)C[2H])[C@@H]1OC(=O)C[2H]. The van der Waals surface area contributed by atoms with Crippen LogP contribution in [0.25, 0.3) is 0 Å². The van der Waals surface area contributed by atoms with Gasteiger partial charge in [0.1, 0.15) is 12.7 Å². The van der Waals surface area contributed by atoms with Crippen LogP contribution in [0, 0.1) is 0 Å². The Labute approximate surface area is 184 Å². The van der Waals surface area contributed by atoms with Crippen molar-refractivity contribution in [2.45, 2.75) is 58.2 Å². The minimum absolute atomic E-state index is 0.00329. The summed E-state index contributed by atoms with van der Waals surface area (Å²) in [6, 6.07) is 0. The zero-order valence-electron chi connectivity index (χ0n) is 20.0. The fraction of sp³-hybridized carbons (Fsp3) is 0.706. The predicted molar refractivity (Wildman–Crippen MR) is 105 cm³/mol. The summed E-state index contributed by atoms with van der Waals surface area (Å²) < 4.78 is 55.0. The number of rotatable bonds is 8. The first-order chi connectivity index (χ1) is 16.2. The molecule has 1 rings (SSSR count). The zero-order chi connectivity index (χ0) is 25.7. The molecular formula is C17H27N3O9S. The zero-order valence-corrected chi connectivity index (χ0v) is 16.8. The molecular weight excluding hydrogens is 422 g/mol. The van der Waals surface area contributed by atoms with Crippen LogP contribution < -0.4 is 16.4 Å². The van der Waals surface area contributed by atoms with Gasteiger partial charge >= 0.3 is 23.9 Å². The molecule has 30 heavy (non-hydrogen) atoms. The van der Waals surface area contributed by atoms with E-state index < -0.39 is 88.7 Å². The van der Waals surface area contributed by atoms with Crippen molar-refractivity contribution in [1.82, 2.24) is 10.6 Å². The normalized spacial score (nSPS) is 27.2. The van der Waals surface area contributed by atoms with Crippen LogP contribution in [-0.4, -0.2) is 79.3 Å². The van der Waals surface area contributed by atoms with Gasteiger partial charge in [-0.05, 0) is 12.2 Å². The van der Waals surface area contributed by atoms with Gasteiger partial charge in [-0.15, -0.1) is 0 Å². The van der Waals surface area contributed by atoms with E-state index >= 15 is 0 Å². The summed E-state index contributed by atoms with van der Waals surface area (Å²) >= 11 is 5.13. The molecule has 0 radical (unpaired) electrons. The average Bonchev–Trinajstić information content (AvgIpc) is 2.83. The Bertz CT molecular complexity index is 736. The van der Waals surface area contributed by atoms with Crippen molar-refractivity contribution in [3.8, 4) is 0 Å². The highest BCUT2D eigenvalue weighted by molar-refractivity contribution is 7.80. The van der Waals surface area contributed by atoms with Crippen LogP contribution in [0.1, 0.15) is 33.1 Å². The van der Waals surface area contributed by atoms with Crippen LogP contribution in [0.4, 0.5) is 0 Å². The summed E-state index contributed by atoms with van der Waals surface area (Å²) in [4.78, 5) is 47.3. The molecule has 1 unspecified atom stereocenters. The van der Waals surface area contributed by atoms with Crippen molar-refractivity contribution in [2.24, 2.45) is 5.73 Å². The second kappa shape index (κ2) is 12.2. The number of hydrogen-bond acceptors (Lipinski definition) is 11. The number of nitrogens with one attached hydrogen (secondary N) is 2. The standard InChI is InChI=1S/C17H27N3O9S/c1-8(21)25-7-12-13(26-9(2)22)14(27-10(3)23)15(28-11(4)24)16(29-12)20-17(30)19-6-5-18/h12-16H,5-7,18H2,1-4H3,(H2,19,20,30)/t12-,13-,14+,15+,16?/m1/s1/i1D,2D,3D,4D. The molecule has 1 aliphatic heterocycles. The lowest BCUT2D eigenvalue weighted by molar-refractivity contribution is -0.254. The maximum absolute atomic E-state index is 12.0. The van der Waals surface area contributed by atoms with Crippen molar-refractivity contribution < 1.29 is 48.3 Å². The molecule has 12 nitrogen and oxygen atoms in total. The van der Waals surface area contributed by atoms with Gasteiger partial charge in [-0.25, -0.2) is 0 Å². The lowest BCUT2D eigenvalue weighted by atomic mass is 9.97. The summed E-state index contributed by atoms with van der Waals surface area (Å²) in [6.45, 7) is -3.24. The third-order valence-electron chi connectivity index (χ3n) is 3.55. The van der Waals surface area contributed by atoms with Gasteiger partial charge in [-0.2, -0.15) is 0 Å². The van der Waals surface area contributed by atoms with Crippen LogP contribution in [0.15, 0.2) is 0 Å². The maximum atomic E-state index is 12.0. The second-order valence-corrected chi connectivity index (χ2v) is 6.24. The van der Waals surface area contributed by atoms with Gasteiger partial charge in [0.15, 0.2) is 29.7 Å². The third kappa shape index (κ3) is 8.47. The number of esters is 4. The fourth-order valence-corrected chi connectivity index (χ4v) is 2.78. The first-order valence-corrected chi connectivity index (χ1v) is 8.92. The molecule has 0 aromatic heterocycles. The van der Waals surface area contributed by atoms with Crippen LogP contribution in [-0.2, 0) is 42.9 Å². The Balaban J connectivity index is 3.39. The lowest BCUT2D eigenvalue weighted by Crippen LogP contribution is -2.66. The van der Waals surface area contributed by atoms with E-state index in [0.29, 0.717) is 0 Å². The molecule has 0 saturated carbocycles. The highest BCUT2D eigenvalue weighted by Crippen LogP contribution is 2.28. The van der Waals surface area contributed by atoms with Crippen molar-refractivity contribution in [3.63, 3.8) is 0 Å². The molecule has 13 heteroatoms. The minimum atomic E-state index is -1.59. The van der Waals surface area contributed by atoms with Crippen LogP contribution in [0.5, 0.6) is 0 Å². The lowest BCUT2D eigenvalue weighted by Gasteiger charge is -2.44. The molecule has 1 saturated heterocycles. The minimum Gasteiger partial charge on any atom is -0.463 e. The Kier molecular flexibility index (Phi) is 7.94. The van der Waals surface area contributed by atoms with Gasteiger partial charge in [0.2, 0.25) is 0 Å². The Morgan fingerprint density at radius 2 is 1.53 bits per heavy atom. The molecule has 5 atom stereocenters. The van der Waals surface area contributed by atoms with E-state index in [2.05, 4.69) is 10.6 Å². The summed E-state index contributed by atoms with van der Waals surface area (Å²) in [6.07, 6.45) is -7.35. The molecule has 4 N–H and O–H groups in total. The number of carbonyl (C=O) groups is 4. The molecule has 0 aromatic rings. The van der Waals surface area contributed by atoms with Crippen molar-refractivity contribution in [2.75, 3.05) is 19.7 Å². The number of carbonyl (C=O) groups excluding carboxylic acids is 4. The van der Waals surface area contributed by atoms with Gasteiger partial charge < -0.3 is 40.1 Å². The Morgan fingerprint density at radius 3 is 2.10 bits per heavy atom. The van der Waals surface area contributed by atoms with Gasteiger partial charge in [0.05, 0.1) is 0 Å². The molecule has 1 heterocycles. The summed E-state index contributed by atoms with van der Waals surface area (Å²) in [5, 5.41) is 5.42. The van der Waals surface area contributed by atoms with Crippen molar-refractivity contribution in [1.29, 1.82) is 0 Å². The highest BCUT2D eigenvalue weighted by Gasteiger charge is 2.52. The topological polar surface area (TPSA) is 165 Å². The maximum Gasteiger partial charge on any atom is 0.303 e. The van der Waals surface area contributed by atoms with Gasteiger partial charge in [0.25, 0.3) is 0 Å². The van der Waals surface area contributed by atoms with Crippen molar-refractivity contribution in [3.05, 3.63) is 0 Å². The van der Waals surface area contributed by atoms with E-state index in [1.807, 2.05) is 0 Å². The van der Waals surface area contributed by atoms with Crippen LogP contribution >= 0.6 is 12.2 Å². The molecule has 0 bridgehead atoms. The van der Waals surface area contributed by atoms with Crippen LogP contribution in [0.2, 0.25) is 0 Å². The molecule has 0 aliphatic carbocycles. The number of thiocarbonyl (C=S) groups is 1. The summed E-state index contributed by atoms with van der Waals surface area (Å²) in [7, 11) is 0. The van der Waals surface area contributed by atoms with Gasteiger partial charge in [0, 0.05) is 46.2 Å². The molecule has 0 amide bonds. The highest BCUT2D eigenvalue weighted by atomic mass is 32.1. The van der Waals surface area contributed by atoms with E-state index in [4.69, 9.17) is 47.1 Å². The summed E-state index contributed by atoms with van der Waals surface area (Å²) in [5.41, 5.74) is 5.42. The van der Waals surface area contributed by atoms with E-state index in [1.54, 1.807) is 0 Å².